The zero-order valence-electron chi connectivity index (χ0n) is 16.1. The highest BCUT2D eigenvalue weighted by Gasteiger charge is 2.51. The van der Waals surface area contributed by atoms with Crippen molar-refractivity contribution >= 4 is 12.0 Å². The molecular weight excluding hydrogens is 350 g/mol. The van der Waals surface area contributed by atoms with Crippen LogP contribution in [0.2, 0.25) is 0 Å². The molecule has 2 aliphatic heterocycles. The van der Waals surface area contributed by atoms with E-state index in [1.54, 1.807) is 6.08 Å². The van der Waals surface area contributed by atoms with E-state index in [0.29, 0.717) is 0 Å². The maximum atomic E-state index is 12.5. The van der Waals surface area contributed by atoms with Gasteiger partial charge in [0.15, 0.2) is 0 Å². The summed E-state index contributed by atoms with van der Waals surface area (Å²) in [4.78, 5) is 14.8. The van der Waals surface area contributed by atoms with Crippen LogP contribution < -0.4 is 0 Å². The molecule has 1 N–H and O–H groups in total. The monoisotopic (exact) mass is 377 g/mol. The molecule has 0 saturated carbocycles. The van der Waals surface area contributed by atoms with Crippen LogP contribution >= 0.6 is 0 Å². The Morgan fingerprint density at radius 2 is 1.79 bits per heavy atom. The highest BCUT2D eigenvalue weighted by atomic mass is 16.5. The van der Waals surface area contributed by atoms with Crippen molar-refractivity contribution in [3.63, 3.8) is 0 Å². The lowest BCUT2D eigenvalue weighted by Gasteiger charge is -2.42. The normalized spacial score (nSPS) is 29.9. The van der Waals surface area contributed by atoms with Gasteiger partial charge in [0.05, 0.1) is 6.10 Å². The third-order valence-corrected chi connectivity index (χ3v) is 6.17. The number of carbonyl (C=O) groups is 1. The van der Waals surface area contributed by atoms with Gasteiger partial charge in [0.25, 0.3) is 0 Å². The van der Waals surface area contributed by atoms with E-state index in [1.165, 1.54) is 11.6 Å². The number of ether oxygens (including phenoxy) is 1. The summed E-state index contributed by atoms with van der Waals surface area (Å²) in [5, 5.41) is 10.6. The van der Waals surface area contributed by atoms with Crippen LogP contribution in [0.4, 0.5) is 0 Å². The maximum Gasteiger partial charge on any atom is 0.331 e. The summed E-state index contributed by atoms with van der Waals surface area (Å²) in [5.41, 5.74) is 2.18. The van der Waals surface area contributed by atoms with Gasteiger partial charge in [-0.25, -0.2) is 4.79 Å². The number of piperidine rings is 1. The summed E-state index contributed by atoms with van der Waals surface area (Å²) >= 11 is 0. The fourth-order valence-corrected chi connectivity index (χ4v) is 4.80. The second-order valence-electron chi connectivity index (χ2n) is 7.92. The average molecular weight is 377 g/mol. The van der Waals surface area contributed by atoms with E-state index in [1.807, 2.05) is 48.5 Å². The van der Waals surface area contributed by atoms with Gasteiger partial charge in [0, 0.05) is 30.5 Å². The van der Waals surface area contributed by atoms with E-state index in [2.05, 4.69) is 24.1 Å². The number of likely N-dealkylation sites (N-methyl/N-ethyl adjacent to an activating group) is 1. The van der Waals surface area contributed by atoms with E-state index >= 15 is 0 Å². The molecule has 5 atom stereocenters. The van der Waals surface area contributed by atoms with E-state index < -0.39 is 0 Å². The minimum atomic E-state index is -0.368. The number of rotatable bonds is 5. The van der Waals surface area contributed by atoms with Crippen LogP contribution in [-0.2, 0) is 16.0 Å². The van der Waals surface area contributed by atoms with E-state index in [9.17, 15) is 9.90 Å². The molecule has 0 aromatic heterocycles. The van der Waals surface area contributed by atoms with E-state index in [0.717, 1.165) is 24.8 Å². The first-order valence-electron chi connectivity index (χ1n) is 9.99. The van der Waals surface area contributed by atoms with Crippen LogP contribution in [0.25, 0.3) is 6.08 Å². The van der Waals surface area contributed by atoms with Crippen molar-refractivity contribution in [2.45, 2.75) is 43.6 Å². The average Bonchev–Trinajstić information content (AvgIpc) is 2.90. The van der Waals surface area contributed by atoms with E-state index in [4.69, 9.17) is 4.74 Å². The van der Waals surface area contributed by atoms with Crippen molar-refractivity contribution in [2.75, 3.05) is 7.05 Å². The van der Waals surface area contributed by atoms with Crippen molar-refractivity contribution in [1.29, 1.82) is 0 Å². The first kappa shape index (κ1) is 18.9. The van der Waals surface area contributed by atoms with Crippen LogP contribution in [0.1, 0.15) is 24.0 Å². The van der Waals surface area contributed by atoms with Crippen molar-refractivity contribution in [1.82, 2.24) is 4.90 Å². The predicted molar refractivity (Wildman–Crippen MR) is 110 cm³/mol. The van der Waals surface area contributed by atoms with Crippen LogP contribution in [0.15, 0.2) is 66.7 Å². The Morgan fingerprint density at radius 1 is 1.11 bits per heavy atom. The van der Waals surface area contributed by atoms with Crippen molar-refractivity contribution in [3.05, 3.63) is 77.9 Å². The molecule has 0 aliphatic carbocycles. The van der Waals surface area contributed by atoms with Gasteiger partial charge in [0.1, 0.15) is 6.10 Å². The van der Waals surface area contributed by atoms with E-state index in [-0.39, 0.29) is 36.2 Å². The number of nitrogens with zero attached hydrogens (tertiary/aromatic N) is 1. The number of carbonyl (C=O) groups excluding carboxylic acids is 1. The Balaban J connectivity index is 1.50. The largest absolute Gasteiger partial charge is 0.459 e. The third-order valence-electron chi connectivity index (χ3n) is 6.17. The highest BCUT2D eigenvalue weighted by molar-refractivity contribution is 5.87. The van der Waals surface area contributed by atoms with Crippen LogP contribution in [0.5, 0.6) is 0 Å². The lowest BCUT2D eigenvalue weighted by atomic mass is 9.82. The molecule has 4 rings (SSSR count). The molecule has 2 aromatic rings. The fraction of sp³-hybridized carbons (Fsp3) is 0.375. The molecule has 146 valence electrons. The fourth-order valence-electron chi connectivity index (χ4n) is 4.80. The zero-order valence-corrected chi connectivity index (χ0v) is 16.1. The summed E-state index contributed by atoms with van der Waals surface area (Å²) in [7, 11) is 2.08. The molecule has 2 aliphatic rings. The highest BCUT2D eigenvalue weighted by Crippen LogP contribution is 2.41. The van der Waals surface area contributed by atoms with Crippen LogP contribution in [0.3, 0.4) is 0 Å². The smallest absolute Gasteiger partial charge is 0.331 e. The molecule has 0 amide bonds. The van der Waals surface area contributed by atoms with Gasteiger partial charge in [-0.3, -0.25) is 4.90 Å². The number of fused-ring (bicyclic) bond motifs is 2. The second kappa shape index (κ2) is 8.29. The van der Waals surface area contributed by atoms with Crippen molar-refractivity contribution in [3.8, 4) is 0 Å². The number of aliphatic hydroxyl groups excluding tert-OH is 1. The summed E-state index contributed by atoms with van der Waals surface area (Å²) in [5.74, 6) is -0.236. The number of hydrogen-bond acceptors (Lipinski definition) is 4. The summed E-state index contributed by atoms with van der Waals surface area (Å²) < 4.78 is 5.91. The molecule has 2 heterocycles. The number of hydrogen-bond donors (Lipinski definition) is 1. The summed E-state index contributed by atoms with van der Waals surface area (Å²) in [6.07, 6.45) is 5.05. The topological polar surface area (TPSA) is 49.8 Å². The molecular formula is C24H27NO3. The molecule has 5 unspecified atom stereocenters. The van der Waals surface area contributed by atoms with Crippen LogP contribution in [-0.4, -0.2) is 47.3 Å². The van der Waals surface area contributed by atoms with Crippen LogP contribution in [0, 0.1) is 5.92 Å². The number of esters is 1. The summed E-state index contributed by atoms with van der Waals surface area (Å²) in [6, 6.07) is 20.3. The summed E-state index contributed by atoms with van der Waals surface area (Å²) in [6.45, 7) is 0. The Hall–Kier alpha value is -2.43. The van der Waals surface area contributed by atoms with Gasteiger partial charge in [0.2, 0.25) is 0 Å². The minimum absolute atomic E-state index is 0.0230. The van der Waals surface area contributed by atoms with Crippen molar-refractivity contribution in [2.24, 2.45) is 5.92 Å². The Bertz CT molecular complexity index is 820. The molecule has 2 saturated heterocycles. The van der Waals surface area contributed by atoms with Gasteiger partial charge in [-0.1, -0.05) is 60.7 Å². The SMILES string of the molecule is CN1C2CC(O)C1C(Cc1ccccc1)C(OC(=O)C=Cc1ccccc1)C2. The van der Waals surface area contributed by atoms with Gasteiger partial charge in [-0.15, -0.1) is 0 Å². The number of aliphatic hydroxyl groups is 1. The quantitative estimate of drug-likeness (QED) is 0.642. The van der Waals surface area contributed by atoms with Crippen molar-refractivity contribution < 1.29 is 14.6 Å². The first-order chi connectivity index (χ1) is 13.6. The second-order valence-corrected chi connectivity index (χ2v) is 7.92. The lowest BCUT2D eigenvalue weighted by molar-refractivity contribution is -0.151. The minimum Gasteiger partial charge on any atom is -0.459 e. The van der Waals surface area contributed by atoms with Gasteiger partial charge in [-0.2, -0.15) is 0 Å². The standard InChI is InChI=1S/C24H27NO3/c1-25-19-15-21(26)24(25)20(14-18-10-6-3-7-11-18)22(16-19)28-23(27)13-12-17-8-4-2-5-9-17/h2-13,19-22,24,26H,14-16H2,1H3. The lowest BCUT2D eigenvalue weighted by Crippen LogP contribution is -2.53. The molecule has 0 radical (unpaired) electrons. The molecule has 2 bridgehead atoms. The van der Waals surface area contributed by atoms with Gasteiger partial charge in [-0.05, 0) is 37.1 Å². The molecule has 28 heavy (non-hydrogen) atoms. The Kier molecular flexibility index (Phi) is 5.60. The Labute approximate surface area is 166 Å². The molecule has 2 aromatic carbocycles. The van der Waals surface area contributed by atoms with Gasteiger partial charge >= 0.3 is 5.97 Å². The zero-order chi connectivity index (χ0) is 19.5. The Morgan fingerprint density at radius 3 is 2.50 bits per heavy atom. The van der Waals surface area contributed by atoms with Gasteiger partial charge < -0.3 is 9.84 Å². The molecule has 2 fully saturated rings. The predicted octanol–water partition coefficient (Wildman–Crippen LogP) is 3.31. The maximum absolute atomic E-state index is 12.5. The molecule has 4 nitrogen and oxygen atoms in total. The first-order valence-corrected chi connectivity index (χ1v) is 9.99. The number of benzene rings is 2. The molecule has 4 heteroatoms. The molecule has 0 spiro atoms. The third kappa shape index (κ3) is 4.03.